The first-order valence-corrected chi connectivity index (χ1v) is 14.6. The third-order valence-corrected chi connectivity index (χ3v) is 9.89. The van der Waals surface area contributed by atoms with Crippen LogP contribution >= 0.6 is 0 Å². The standard InChI is InChI=1S/C29H38N2O4.C4H8/c1-8-10-17-12-18-13-19(17)23-22(18)26(34)31(27(23)35)29(6,7)14-28(4,5)30-24(32)20-15(3)11-16(9-2)21(20)25(30)33;1-3-4-2/h8-9,12,15-16,18-23H,1-2,10-11,13-14H2,3-7H3;3H,1,4H2,2H3. The highest BCUT2D eigenvalue weighted by Gasteiger charge is 2.65. The zero-order valence-electron chi connectivity index (χ0n) is 24.6. The summed E-state index contributed by atoms with van der Waals surface area (Å²) in [5, 5.41) is 0. The molecule has 39 heavy (non-hydrogen) atoms. The van der Waals surface area contributed by atoms with E-state index in [1.54, 1.807) is 0 Å². The van der Waals surface area contributed by atoms with Crippen LogP contribution in [0.15, 0.2) is 49.6 Å². The number of allylic oxidation sites excluding steroid dienone is 5. The van der Waals surface area contributed by atoms with Crippen molar-refractivity contribution in [1.82, 2.24) is 9.80 Å². The van der Waals surface area contributed by atoms with Crippen molar-refractivity contribution >= 4 is 23.6 Å². The monoisotopic (exact) mass is 534 g/mol. The maximum atomic E-state index is 13.7. The number of fused-ring (bicyclic) bond motifs is 6. The van der Waals surface area contributed by atoms with Gasteiger partial charge >= 0.3 is 0 Å². The molecule has 8 atom stereocenters. The van der Waals surface area contributed by atoms with Gasteiger partial charge in [0, 0.05) is 11.1 Å². The first-order valence-electron chi connectivity index (χ1n) is 14.6. The van der Waals surface area contributed by atoms with E-state index in [1.807, 2.05) is 52.8 Å². The number of carbonyl (C=O) groups is 4. The molecule has 2 aliphatic heterocycles. The smallest absolute Gasteiger partial charge is 0.234 e. The van der Waals surface area contributed by atoms with Crippen molar-refractivity contribution in [3.63, 3.8) is 0 Å². The van der Waals surface area contributed by atoms with E-state index in [4.69, 9.17) is 0 Å². The molecular formula is C33H46N2O4. The number of hydrogen-bond acceptors (Lipinski definition) is 4. The molecule has 4 amide bonds. The fourth-order valence-corrected chi connectivity index (χ4v) is 8.65. The molecule has 6 heteroatoms. The minimum atomic E-state index is -0.836. The lowest BCUT2D eigenvalue weighted by atomic mass is 9.80. The van der Waals surface area contributed by atoms with Crippen molar-refractivity contribution in [1.29, 1.82) is 0 Å². The Bertz CT molecular complexity index is 1130. The molecule has 0 spiro atoms. The highest BCUT2D eigenvalue weighted by atomic mass is 16.2. The number of hydrogen-bond donors (Lipinski definition) is 0. The number of imide groups is 2. The summed E-state index contributed by atoms with van der Waals surface area (Å²) in [5.74, 6) is -1.33. The summed E-state index contributed by atoms with van der Waals surface area (Å²) in [4.78, 5) is 57.3. The van der Waals surface area contributed by atoms with E-state index < -0.39 is 11.1 Å². The summed E-state index contributed by atoms with van der Waals surface area (Å²) in [7, 11) is 0. The van der Waals surface area contributed by atoms with Crippen molar-refractivity contribution in [3.8, 4) is 0 Å². The molecule has 2 saturated heterocycles. The number of amides is 4. The van der Waals surface area contributed by atoms with Crippen LogP contribution in [0.1, 0.15) is 73.6 Å². The lowest BCUT2D eigenvalue weighted by Crippen LogP contribution is -2.57. The molecule has 2 saturated carbocycles. The Balaban J connectivity index is 0.000000826. The Hall–Kier alpha value is -2.76. The maximum absolute atomic E-state index is 13.7. The number of nitrogens with zero attached hydrogens (tertiary/aromatic N) is 2. The second-order valence-electron chi connectivity index (χ2n) is 13.5. The van der Waals surface area contributed by atoms with Crippen LogP contribution in [0.4, 0.5) is 0 Å². The number of carbonyl (C=O) groups excluding carboxylic acids is 4. The van der Waals surface area contributed by atoms with Gasteiger partial charge in [0.05, 0.1) is 23.7 Å². The topological polar surface area (TPSA) is 74.8 Å². The second-order valence-corrected chi connectivity index (χ2v) is 13.5. The fourth-order valence-electron chi connectivity index (χ4n) is 8.65. The van der Waals surface area contributed by atoms with E-state index in [9.17, 15) is 19.2 Å². The Morgan fingerprint density at radius 1 is 0.821 bits per heavy atom. The zero-order chi connectivity index (χ0) is 29.0. The van der Waals surface area contributed by atoms with E-state index in [2.05, 4.69) is 32.7 Å². The lowest BCUT2D eigenvalue weighted by Gasteiger charge is -2.44. The third kappa shape index (κ3) is 4.48. The molecule has 0 aromatic heterocycles. The quantitative estimate of drug-likeness (QED) is 0.295. The van der Waals surface area contributed by atoms with Gasteiger partial charge in [-0.25, -0.2) is 0 Å². The molecule has 2 heterocycles. The van der Waals surface area contributed by atoms with Crippen LogP contribution in [0.2, 0.25) is 0 Å². The molecule has 0 radical (unpaired) electrons. The molecule has 0 aromatic carbocycles. The summed E-state index contributed by atoms with van der Waals surface area (Å²) in [6.45, 7) is 22.9. The summed E-state index contributed by atoms with van der Waals surface area (Å²) in [6.07, 6.45) is 11.6. The molecule has 212 valence electrons. The summed E-state index contributed by atoms with van der Waals surface area (Å²) >= 11 is 0. The minimum Gasteiger partial charge on any atom is -0.276 e. The van der Waals surface area contributed by atoms with Gasteiger partial charge in [0.2, 0.25) is 23.6 Å². The Morgan fingerprint density at radius 2 is 1.33 bits per heavy atom. The SMILES string of the molecule is C=CCC.C=CCC1=CC2CC1C1C(=O)N(C(C)(C)CC(C)(C)N3C(=O)C4C(C)CC(C=C)C4C3=O)C(=O)C21. The van der Waals surface area contributed by atoms with E-state index >= 15 is 0 Å². The average Bonchev–Trinajstić information content (AvgIpc) is 3.62. The van der Waals surface area contributed by atoms with Crippen LogP contribution < -0.4 is 0 Å². The Labute approximate surface area is 234 Å². The van der Waals surface area contributed by atoms with E-state index in [0.717, 1.165) is 25.7 Å². The van der Waals surface area contributed by atoms with Gasteiger partial charge in [-0.3, -0.25) is 29.0 Å². The lowest BCUT2D eigenvalue weighted by molar-refractivity contribution is -0.151. The van der Waals surface area contributed by atoms with Crippen molar-refractivity contribution in [3.05, 3.63) is 49.6 Å². The Kier molecular flexibility index (Phi) is 7.74. The fraction of sp³-hybridized carbons (Fsp3) is 0.636. The predicted octanol–water partition coefficient (Wildman–Crippen LogP) is 5.71. The summed E-state index contributed by atoms with van der Waals surface area (Å²) in [6, 6.07) is 0. The van der Waals surface area contributed by atoms with E-state index in [-0.39, 0.29) is 71.0 Å². The highest BCUT2D eigenvalue weighted by Crippen LogP contribution is 2.58. The first kappa shape index (κ1) is 29.2. The van der Waals surface area contributed by atoms with Gasteiger partial charge in [-0.1, -0.05) is 43.7 Å². The van der Waals surface area contributed by atoms with Gasteiger partial charge < -0.3 is 0 Å². The third-order valence-electron chi connectivity index (χ3n) is 9.89. The first-order chi connectivity index (χ1) is 18.3. The van der Waals surface area contributed by atoms with Gasteiger partial charge in [0.15, 0.2) is 0 Å². The van der Waals surface area contributed by atoms with Crippen molar-refractivity contribution in [2.24, 2.45) is 47.3 Å². The molecular weight excluding hydrogens is 488 g/mol. The molecule has 0 N–H and O–H groups in total. The van der Waals surface area contributed by atoms with Crippen molar-refractivity contribution < 1.29 is 19.2 Å². The van der Waals surface area contributed by atoms with Crippen LogP contribution in [0.25, 0.3) is 0 Å². The van der Waals surface area contributed by atoms with E-state index in [0.29, 0.717) is 6.42 Å². The number of rotatable bonds is 8. The van der Waals surface area contributed by atoms with Crippen LogP contribution in [-0.2, 0) is 19.2 Å². The maximum Gasteiger partial charge on any atom is 0.234 e. The predicted molar refractivity (Wildman–Crippen MR) is 153 cm³/mol. The molecule has 0 aromatic rings. The average molecular weight is 535 g/mol. The molecule has 5 rings (SSSR count). The van der Waals surface area contributed by atoms with Crippen LogP contribution in [0.3, 0.4) is 0 Å². The zero-order valence-corrected chi connectivity index (χ0v) is 24.6. The number of likely N-dealkylation sites (tertiary alicyclic amines) is 2. The molecule has 5 aliphatic rings. The van der Waals surface area contributed by atoms with Gasteiger partial charge in [-0.2, -0.15) is 0 Å². The molecule has 4 fully saturated rings. The van der Waals surface area contributed by atoms with Crippen LogP contribution in [-0.4, -0.2) is 44.5 Å². The molecule has 3 aliphatic carbocycles. The van der Waals surface area contributed by atoms with Crippen LogP contribution in [0, 0.1) is 47.3 Å². The van der Waals surface area contributed by atoms with Crippen molar-refractivity contribution in [2.75, 3.05) is 0 Å². The normalized spacial score (nSPS) is 35.1. The largest absolute Gasteiger partial charge is 0.276 e. The van der Waals surface area contributed by atoms with Gasteiger partial charge in [-0.05, 0) is 83.5 Å². The van der Waals surface area contributed by atoms with Gasteiger partial charge in [0.25, 0.3) is 0 Å². The molecule has 6 nitrogen and oxygen atoms in total. The Morgan fingerprint density at radius 3 is 1.85 bits per heavy atom. The highest BCUT2D eigenvalue weighted by molar-refractivity contribution is 6.08. The summed E-state index contributed by atoms with van der Waals surface area (Å²) < 4.78 is 0. The van der Waals surface area contributed by atoms with E-state index in [1.165, 1.54) is 15.4 Å². The van der Waals surface area contributed by atoms with Gasteiger partial charge in [-0.15, -0.1) is 19.7 Å². The van der Waals surface area contributed by atoms with Crippen molar-refractivity contribution in [2.45, 2.75) is 84.7 Å². The molecule has 8 unspecified atom stereocenters. The summed E-state index contributed by atoms with van der Waals surface area (Å²) in [5.41, 5.74) is -0.434. The van der Waals surface area contributed by atoms with Gasteiger partial charge in [0.1, 0.15) is 0 Å². The second kappa shape index (κ2) is 10.3. The van der Waals surface area contributed by atoms with Crippen LogP contribution in [0.5, 0.6) is 0 Å². The molecule has 2 bridgehead atoms. The minimum absolute atomic E-state index is 0.00843.